The summed E-state index contributed by atoms with van der Waals surface area (Å²) in [5, 5.41) is 0. The minimum absolute atomic E-state index is 0.0154. The summed E-state index contributed by atoms with van der Waals surface area (Å²) >= 11 is 0. The van der Waals surface area contributed by atoms with E-state index < -0.39 is 10.0 Å². The first-order valence-corrected chi connectivity index (χ1v) is 11.4. The molecule has 1 saturated heterocycles. The zero-order valence-corrected chi connectivity index (χ0v) is 16.9. The lowest BCUT2D eigenvalue weighted by molar-refractivity contribution is 0.156. The largest absolute Gasteiger partial charge is 0.495 e. The van der Waals surface area contributed by atoms with E-state index in [1.165, 1.54) is 32.8 Å². The van der Waals surface area contributed by atoms with E-state index in [4.69, 9.17) is 4.74 Å². The lowest BCUT2D eigenvalue weighted by Gasteiger charge is -2.37. The number of nitrogens with zero attached hydrogens (tertiary/aromatic N) is 1. The van der Waals surface area contributed by atoms with Crippen molar-refractivity contribution < 1.29 is 13.2 Å². The molecule has 1 aromatic rings. The molecule has 1 N–H and O–H groups in total. The summed E-state index contributed by atoms with van der Waals surface area (Å²) in [6.45, 7) is 5.25. The zero-order valence-electron chi connectivity index (χ0n) is 16.0. The Kier molecular flexibility index (Phi) is 6.59. The van der Waals surface area contributed by atoms with Crippen LogP contribution in [0.3, 0.4) is 0 Å². The molecule has 1 aliphatic heterocycles. The number of sulfonamides is 1. The highest BCUT2D eigenvalue weighted by Crippen LogP contribution is 2.30. The maximum Gasteiger partial charge on any atom is 0.244 e. The van der Waals surface area contributed by atoms with Crippen LogP contribution in [-0.4, -0.2) is 46.1 Å². The van der Waals surface area contributed by atoms with Gasteiger partial charge in [0.15, 0.2) is 0 Å². The molecule has 0 amide bonds. The molecule has 2 aliphatic rings. The van der Waals surface area contributed by atoms with Gasteiger partial charge in [-0.15, -0.1) is 0 Å². The van der Waals surface area contributed by atoms with Crippen molar-refractivity contribution in [3.05, 3.63) is 23.8 Å². The molecule has 5 nitrogen and oxygen atoms in total. The van der Waals surface area contributed by atoms with Crippen molar-refractivity contribution in [2.75, 3.05) is 26.7 Å². The van der Waals surface area contributed by atoms with Crippen molar-refractivity contribution >= 4 is 10.0 Å². The van der Waals surface area contributed by atoms with Crippen LogP contribution in [0, 0.1) is 12.8 Å². The van der Waals surface area contributed by atoms with Gasteiger partial charge in [0, 0.05) is 12.6 Å². The quantitative estimate of drug-likeness (QED) is 0.822. The topological polar surface area (TPSA) is 58.6 Å². The molecule has 6 heteroatoms. The average molecular weight is 381 g/mol. The number of ether oxygens (including phenoxy) is 1. The Hall–Kier alpha value is -1.11. The molecular weight excluding hydrogens is 348 g/mol. The summed E-state index contributed by atoms with van der Waals surface area (Å²) in [4.78, 5) is 2.76. The summed E-state index contributed by atoms with van der Waals surface area (Å²) in [6, 6.07) is 5.27. The summed E-state index contributed by atoms with van der Waals surface area (Å²) in [5.41, 5.74) is 0.987. The van der Waals surface area contributed by atoms with E-state index in [2.05, 4.69) is 9.62 Å². The van der Waals surface area contributed by atoms with Crippen molar-refractivity contribution in [1.82, 2.24) is 9.62 Å². The third-order valence-electron chi connectivity index (χ3n) is 5.77. The monoisotopic (exact) mass is 380 g/mol. The van der Waals surface area contributed by atoms with Crippen LogP contribution in [0.4, 0.5) is 0 Å². The standard InChI is InChI=1S/C20H32N2O3S/c1-16-10-11-20(19(14-16)25-2)26(23,24)21-18-9-5-4-8-17(18)15-22-12-6-3-7-13-22/h10-11,14,17-18,21H,3-9,12-13,15H2,1-2H3/t17-,18+/m0/s1. The highest BCUT2D eigenvalue weighted by atomic mass is 32.2. The van der Waals surface area contributed by atoms with Gasteiger partial charge in [0.1, 0.15) is 10.6 Å². The molecule has 1 heterocycles. The molecule has 1 saturated carbocycles. The average Bonchev–Trinajstić information content (AvgIpc) is 2.63. The summed E-state index contributed by atoms with van der Waals surface area (Å²) in [7, 11) is -2.07. The van der Waals surface area contributed by atoms with Gasteiger partial charge in [-0.25, -0.2) is 13.1 Å². The van der Waals surface area contributed by atoms with Crippen LogP contribution in [0.5, 0.6) is 5.75 Å². The first-order valence-electron chi connectivity index (χ1n) is 9.89. The van der Waals surface area contributed by atoms with Crippen LogP contribution >= 0.6 is 0 Å². The van der Waals surface area contributed by atoms with E-state index in [0.29, 0.717) is 11.7 Å². The van der Waals surface area contributed by atoms with Gasteiger partial charge in [0.2, 0.25) is 10.0 Å². The van der Waals surface area contributed by atoms with Crippen molar-refractivity contribution in [1.29, 1.82) is 0 Å². The second-order valence-corrected chi connectivity index (χ2v) is 9.47. The molecule has 0 radical (unpaired) electrons. The molecule has 2 atom stereocenters. The molecule has 0 unspecified atom stereocenters. The maximum absolute atomic E-state index is 13.0. The third kappa shape index (κ3) is 4.78. The van der Waals surface area contributed by atoms with Crippen LogP contribution in [0.15, 0.2) is 23.1 Å². The summed E-state index contributed by atoms with van der Waals surface area (Å²) < 4.78 is 34.4. The number of hydrogen-bond donors (Lipinski definition) is 1. The van der Waals surface area contributed by atoms with E-state index in [-0.39, 0.29) is 10.9 Å². The van der Waals surface area contributed by atoms with E-state index in [0.717, 1.165) is 44.5 Å². The second kappa shape index (κ2) is 8.72. The maximum atomic E-state index is 13.0. The molecule has 0 spiro atoms. The molecule has 1 aliphatic carbocycles. The molecule has 26 heavy (non-hydrogen) atoms. The first kappa shape index (κ1) is 19.6. The van der Waals surface area contributed by atoms with Crippen LogP contribution in [0.25, 0.3) is 0 Å². The van der Waals surface area contributed by atoms with Crippen LogP contribution in [0.1, 0.15) is 50.5 Å². The second-order valence-electron chi connectivity index (χ2n) is 7.79. The van der Waals surface area contributed by atoms with Crippen molar-refractivity contribution in [2.45, 2.75) is 62.8 Å². The summed E-state index contributed by atoms with van der Waals surface area (Å²) in [5.74, 6) is 0.814. The summed E-state index contributed by atoms with van der Waals surface area (Å²) in [6.07, 6.45) is 8.18. The Morgan fingerprint density at radius 1 is 1.12 bits per heavy atom. The molecule has 0 aromatic heterocycles. The van der Waals surface area contributed by atoms with Gasteiger partial charge >= 0.3 is 0 Å². The Balaban J connectivity index is 1.73. The number of aryl methyl sites for hydroxylation is 1. The Morgan fingerprint density at radius 3 is 2.58 bits per heavy atom. The van der Waals surface area contributed by atoms with Crippen LogP contribution in [-0.2, 0) is 10.0 Å². The van der Waals surface area contributed by atoms with Crippen LogP contribution in [0.2, 0.25) is 0 Å². The van der Waals surface area contributed by atoms with Gasteiger partial charge in [-0.2, -0.15) is 0 Å². The predicted molar refractivity (Wildman–Crippen MR) is 104 cm³/mol. The number of methoxy groups -OCH3 is 1. The molecule has 2 fully saturated rings. The Bertz CT molecular complexity index is 699. The van der Waals surface area contributed by atoms with Gasteiger partial charge < -0.3 is 9.64 Å². The minimum atomic E-state index is -3.59. The number of nitrogens with one attached hydrogen (secondary N) is 1. The van der Waals surface area contributed by atoms with Gasteiger partial charge in [-0.05, 0) is 69.3 Å². The van der Waals surface area contributed by atoms with E-state index >= 15 is 0 Å². The number of rotatable bonds is 6. The van der Waals surface area contributed by atoms with Gasteiger partial charge in [-0.3, -0.25) is 0 Å². The zero-order chi connectivity index (χ0) is 18.6. The van der Waals surface area contributed by atoms with E-state index in [9.17, 15) is 8.42 Å². The normalized spacial score (nSPS) is 25.2. The van der Waals surface area contributed by atoms with Crippen molar-refractivity contribution in [3.8, 4) is 5.75 Å². The Labute approximate surface area is 158 Å². The van der Waals surface area contributed by atoms with Crippen molar-refractivity contribution in [3.63, 3.8) is 0 Å². The fourth-order valence-corrected chi connectivity index (χ4v) is 5.80. The number of likely N-dealkylation sites (tertiary alicyclic amines) is 1. The SMILES string of the molecule is COc1cc(C)ccc1S(=O)(=O)N[C@@H]1CCCC[C@H]1CN1CCCCC1. The molecule has 1 aromatic carbocycles. The minimum Gasteiger partial charge on any atom is -0.495 e. The molecular formula is C20H32N2O3S. The number of piperidine rings is 1. The van der Waals surface area contributed by atoms with Gasteiger partial charge in [0.25, 0.3) is 0 Å². The van der Waals surface area contributed by atoms with E-state index in [1.807, 2.05) is 13.0 Å². The lowest BCUT2D eigenvalue weighted by Crippen LogP contribution is -2.47. The predicted octanol–water partition coefficient (Wildman–Crippen LogP) is 3.33. The number of benzene rings is 1. The molecule has 0 bridgehead atoms. The van der Waals surface area contributed by atoms with Crippen LogP contribution < -0.4 is 9.46 Å². The third-order valence-corrected chi connectivity index (χ3v) is 7.29. The van der Waals surface area contributed by atoms with Gasteiger partial charge in [0.05, 0.1) is 7.11 Å². The van der Waals surface area contributed by atoms with Crippen molar-refractivity contribution in [2.24, 2.45) is 5.92 Å². The van der Waals surface area contributed by atoms with Gasteiger partial charge in [-0.1, -0.05) is 25.3 Å². The first-order chi connectivity index (χ1) is 12.5. The lowest BCUT2D eigenvalue weighted by atomic mass is 9.84. The molecule has 146 valence electrons. The highest BCUT2D eigenvalue weighted by molar-refractivity contribution is 7.89. The fraction of sp³-hybridized carbons (Fsp3) is 0.700. The fourth-order valence-electron chi connectivity index (χ4n) is 4.31. The Morgan fingerprint density at radius 2 is 1.85 bits per heavy atom. The smallest absolute Gasteiger partial charge is 0.244 e. The highest BCUT2D eigenvalue weighted by Gasteiger charge is 2.32. The molecule has 3 rings (SSSR count). The van der Waals surface area contributed by atoms with E-state index in [1.54, 1.807) is 12.1 Å². The number of hydrogen-bond acceptors (Lipinski definition) is 4.